The van der Waals surface area contributed by atoms with E-state index in [-0.39, 0.29) is 17.9 Å². The molecule has 0 spiro atoms. The Kier molecular flexibility index (Phi) is 5.77. The van der Waals surface area contributed by atoms with Gasteiger partial charge in [0.1, 0.15) is 0 Å². The van der Waals surface area contributed by atoms with E-state index >= 15 is 0 Å². The van der Waals surface area contributed by atoms with Crippen LogP contribution in [0.5, 0.6) is 0 Å². The zero-order valence-electron chi connectivity index (χ0n) is 15.1. The summed E-state index contributed by atoms with van der Waals surface area (Å²) < 4.78 is 0.888. The van der Waals surface area contributed by atoms with E-state index in [1.807, 2.05) is 55.1 Å². The van der Waals surface area contributed by atoms with Gasteiger partial charge in [-0.05, 0) is 68.1 Å². The molecule has 0 radical (unpaired) electrons. The SMILES string of the molecule is Cc1ccc(C(=O)N2CCC(NC(=O)c3cccc(Br)c3)CC2)cc1C. The van der Waals surface area contributed by atoms with E-state index in [0.29, 0.717) is 18.7 Å². The van der Waals surface area contributed by atoms with Crippen molar-refractivity contribution in [2.75, 3.05) is 13.1 Å². The van der Waals surface area contributed by atoms with E-state index in [9.17, 15) is 9.59 Å². The van der Waals surface area contributed by atoms with Crippen molar-refractivity contribution >= 4 is 27.7 Å². The third kappa shape index (κ3) is 4.33. The first-order chi connectivity index (χ1) is 12.4. The molecular formula is C21H23BrN2O2. The summed E-state index contributed by atoms with van der Waals surface area (Å²) in [6.45, 7) is 5.39. The average molecular weight is 415 g/mol. The number of benzene rings is 2. The fraction of sp³-hybridized carbons (Fsp3) is 0.333. The molecule has 136 valence electrons. The first kappa shape index (κ1) is 18.6. The van der Waals surface area contributed by atoms with Crippen LogP contribution in [-0.2, 0) is 0 Å². The highest BCUT2D eigenvalue weighted by atomic mass is 79.9. The van der Waals surface area contributed by atoms with Crippen molar-refractivity contribution < 1.29 is 9.59 Å². The number of halogens is 1. The molecule has 0 unspecified atom stereocenters. The highest BCUT2D eigenvalue weighted by Gasteiger charge is 2.25. The number of carbonyl (C=O) groups is 2. The Morgan fingerprint density at radius 3 is 2.38 bits per heavy atom. The molecular weight excluding hydrogens is 392 g/mol. The maximum Gasteiger partial charge on any atom is 0.253 e. The summed E-state index contributed by atoms with van der Waals surface area (Å²) in [4.78, 5) is 26.9. The number of nitrogens with one attached hydrogen (secondary N) is 1. The zero-order chi connectivity index (χ0) is 18.7. The van der Waals surface area contributed by atoms with Crippen molar-refractivity contribution in [1.29, 1.82) is 0 Å². The van der Waals surface area contributed by atoms with Crippen molar-refractivity contribution in [1.82, 2.24) is 10.2 Å². The molecule has 1 aliphatic heterocycles. The molecule has 1 saturated heterocycles. The molecule has 5 heteroatoms. The van der Waals surface area contributed by atoms with Crippen LogP contribution in [-0.4, -0.2) is 35.8 Å². The lowest BCUT2D eigenvalue weighted by atomic mass is 10.0. The summed E-state index contributed by atoms with van der Waals surface area (Å²) in [5.41, 5.74) is 3.71. The standard InChI is InChI=1S/C21H23BrN2O2/c1-14-6-7-17(12-15(14)2)21(26)24-10-8-19(9-11-24)23-20(25)16-4-3-5-18(22)13-16/h3-7,12-13,19H,8-11H2,1-2H3,(H,23,25). The zero-order valence-corrected chi connectivity index (χ0v) is 16.7. The Labute approximate surface area is 162 Å². The van der Waals surface area contributed by atoms with E-state index in [4.69, 9.17) is 0 Å². The quantitative estimate of drug-likeness (QED) is 0.821. The fourth-order valence-electron chi connectivity index (χ4n) is 3.18. The molecule has 1 aliphatic rings. The number of amides is 2. The smallest absolute Gasteiger partial charge is 0.253 e. The van der Waals surface area contributed by atoms with Crippen LogP contribution >= 0.6 is 15.9 Å². The van der Waals surface area contributed by atoms with Crippen LogP contribution in [0.1, 0.15) is 44.7 Å². The Bertz CT molecular complexity index is 827. The van der Waals surface area contributed by atoms with E-state index < -0.39 is 0 Å². The van der Waals surface area contributed by atoms with Gasteiger partial charge in [0.2, 0.25) is 0 Å². The minimum absolute atomic E-state index is 0.0646. The van der Waals surface area contributed by atoms with Crippen LogP contribution in [0.15, 0.2) is 46.9 Å². The van der Waals surface area contributed by atoms with E-state index in [1.54, 1.807) is 6.07 Å². The van der Waals surface area contributed by atoms with Gasteiger partial charge in [-0.25, -0.2) is 0 Å². The first-order valence-electron chi connectivity index (χ1n) is 8.87. The summed E-state index contributed by atoms with van der Waals surface area (Å²) in [7, 11) is 0. The van der Waals surface area contributed by atoms with Gasteiger partial charge in [-0.2, -0.15) is 0 Å². The Hall–Kier alpha value is -2.14. The Morgan fingerprint density at radius 1 is 1.00 bits per heavy atom. The van der Waals surface area contributed by atoms with Crippen molar-refractivity contribution in [2.45, 2.75) is 32.7 Å². The third-order valence-corrected chi connectivity index (χ3v) is 5.45. The van der Waals surface area contributed by atoms with Crippen molar-refractivity contribution in [2.24, 2.45) is 0 Å². The van der Waals surface area contributed by atoms with Crippen LogP contribution in [0, 0.1) is 13.8 Å². The Balaban J connectivity index is 1.56. The normalized spacial score (nSPS) is 15.0. The molecule has 0 atom stereocenters. The molecule has 1 fully saturated rings. The number of carbonyl (C=O) groups excluding carboxylic acids is 2. The number of aryl methyl sites for hydroxylation is 2. The van der Waals surface area contributed by atoms with Crippen LogP contribution in [0.3, 0.4) is 0 Å². The molecule has 0 saturated carbocycles. The van der Waals surface area contributed by atoms with Gasteiger partial charge < -0.3 is 10.2 Å². The predicted molar refractivity (Wildman–Crippen MR) is 106 cm³/mol. The lowest BCUT2D eigenvalue weighted by Crippen LogP contribution is -2.46. The van der Waals surface area contributed by atoms with Crippen molar-refractivity contribution in [3.8, 4) is 0 Å². The number of hydrogen-bond acceptors (Lipinski definition) is 2. The summed E-state index contributed by atoms with van der Waals surface area (Å²) in [5.74, 6) is 0.00935. The monoisotopic (exact) mass is 414 g/mol. The van der Waals surface area contributed by atoms with Crippen LogP contribution in [0.4, 0.5) is 0 Å². The third-order valence-electron chi connectivity index (χ3n) is 4.96. The van der Waals surface area contributed by atoms with Gasteiger partial charge in [-0.1, -0.05) is 28.1 Å². The van der Waals surface area contributed by atoms with Crippen LogP contribution < -0.4 is 5.32 Å². The maximum absolute atomic E-state index is 12.7. The first-order valence-corrected chi connectivity index (χ1v) is 9.66. The lowest BCUT2D eigenvalue weighted by molar-refractivity contribution is 0.0698. The molecule has 0 aliphatic carbocycles. The summed E-state index contributed by atoms with van der Waals surface area (Å²) in [6, 6.07) is 13.3. The largest absolute Gasteiger partial charge is 0.349 e. The van der Waals surface area contributed by atoms with Crippen LogP contribution in [0.2, 0.25) is 0 Å². The second-order valence-electron chi connectivity index (χ2n) is 6.85. The van der Waals surface area contributed by atoms with Gasteiger partial charge in [-0.3, -0.25) is 9.59 Å². The van der Waals surface area contributed by atoms with Crippen LogP contribution in [0.25, 0.3) is 0 Å². The molecule has 0 aromatic heterocycles. The lowest BCUT2D eigenvalue weighted by Gasteiger charge is -2.32. The van der Waals surface area contributed by atoms with E-state index in [0.717, 1.165) is 28.4 Å². The highest BCUT2D eigenvalue weighted by molar-refractivity contribution is 9.10. The van der Waals surface area contributed by atoms with Gasteiger partial charge in [0.05, 0.1) is 0 Å². The number of hydrogen-bond donors (Lipinski definition) is 1. The minimum Gasteiger partial charge on any atom is -0.349 e. The van der Waals surface area contributed by atoms with Gasteiger partial charge in [0, 0.05) is 34.7 Å². The number of nitrogens with zero attached hydrogens (tertiary/aromatic N) is 1. The second-order valence-corrected chi connectivity index (χ2v) is 7.76. The summed E-state index contributed by atoms with van der Waals surface area (Å²) in [5, 5.41) is 3.08. The Morgan fingerprint density at radius 2 is 1.73 bits per heavy atom. The summed E-state index contributed by atoms with van der Waals surface area (Å²) >= 11 is 3.39. The molecule has 1 heterocycles. The minimum atomic E-state index is -0.0646. The van der Waals surface area contributed by atoms with Gasteiger partial charge in [-0.15, -0.1) is 0 Å². The number of likely N-dealkylation sites (tertiary alicyclic amines) is 1. The molecule has 0 bridgehead atoms. The van der Waals surface area contributed by atoms with Gasteiger partial charge in [0.25, 0.3) is 11.8 Å². The van der Waals surface area contributed by atoms with Crippen molar-refractivity contribution in [3.63, 3.8) is 0 Å². The fourth-order valence-corrected chi connectivity index (χ4v) is 3.58. The number of piperidine rings is 1. The maximum atomic E-state index is 12.7. The van der Waals surface area contributed by atoms with E-state index in [2.05, 4.69) is 21.2 Å². The number of rotatable bonds is 3. The van der Waals surface area contributed by atoms with E-state index in [1.165, 1.54) is 5.56 Å². The molecule has 4 nitrogen and oxygen atoms in total. The molecule has 2 amide bonds. The molecule has 2 aromatic rings. The van der Waals surface area contributed by atoms with Gasteiger partial charge >= 0.3 is 0 Å². The molecule has 26 heavy (non-hydrogen) atoms. The second kappa shape index (κ2) is 8.04. The topological polar surface area (TPSA) is 49.4 Å². The summed E-state index contributed by atoms with van der Waals surface area (Å²) in [6.07, 6.45) is 1.55. The average Bonchev–Trinajstić information content (AvgIpc) is 2.64. The molecule has 1 N–H and O–H groups in total. The van der Waals surface area contributed by atoms with Crippen molar-refractivity contribution in [3.05, 3.63) is 69.2 Å². The van der Waals surface area contributed by atoms with Gasteiger partial charge in [0.15, 0.2) is 0 Å². The predicted octanol–water partition coefficient (Wildman–Crippen LogP) is 4.10. The molecule has 2 aromatic carbocycles. The highest BCUT2D eigenvalue weighted by Crippen LogP contribution is 2.17. The molecule has 3 rings (SSSR count).